The maximum atomic E-state index is 10.2. The lowest BCUT2D eigenvalue weighted by Crippen LogP contribution is -2.54. The van der Waals surface area contributed by atoms with Crippen molar-refractivity contribution < 1.29 is 31.7 Å². The van der Waals surface area contributed by atoms with Gasteiger partial charge in [-0.25, -0.2) is 0 Å². The summed E-state index contributed by atoms with van der Waals surface area (Å²) >= 11 is 0. The van der Waals surface area contributed by atoms with Gasteiger partial charge in [-0.05, 0) is 6.42 Å². The molecule has 0 fully saturated rings. The molecule has 7 N–H and O–H groups in total. The van der Waals surface area contributed by atoms with E-state index in [0.717, 1.165) is 0 Å². The van der Waals surface area contributed by atoms with Crippen LogP contribution in [0.2, 0.25) is 1.41 Å². The fraction of sp³-hybridized carbons (Fsp3) is 0.875. The van der Waals surface area contributed by atoms with Crippen molar-refractivity contribution in [1.82, 2.24) is 0 Å². The van der Waals surface area contributed by atoms with Gasteiger partial charge in [0.25, 0.3) is 0 Å². The first kappa shape index (κ1) is 12.5. The van der Waals surface area contributed by atoms with Crippen LogP contribution < -0.4 is 5.73 Å². The molecule has 0 unspecified atom stereocenters. The molecule has 0 saturated heterocycles. The summed E-state index contributed by atoms with van der Waals surface area (Å²) < 4.78 is 6.86. The van der Waals surface area contributed by atoms with Crippen LogP contribution in [0.4, 0.5) is 0 Å². The third kappa shape index (κ3) is 4.20. The first-order valence-corrected chi connectivity index (χ1v) is 4.45. The van der Waals surface area contributed by atoms with Gasteiger partial charge >= 0.3 is 0 Å². The van der Waals surface area contributed by atoms with E-state index in [1.165, 1.54) is 0 Å². The number of aliphatic hydroxyl groups is 5. The van der Waals surface area contributed by atoms with Gasteiger partial charge < -0.3 is 36.1 Å². The van der Waals surface area contributed by atoms with Crippen LogP contribution in [-0.2, 0) is 4.79 Å². The summed E-state index contributed by atoms with van der Waals surface area (Å²) in [4.78, 5) is 10.2. The van der Waals surface area contributed by atoms with E-state index in [1.807, 2.05) is 0 Å². The van der Waals surface area contributed by atoms with Crippen LogP contribution in [-0.4, -0.2) is 68.9 Å². The van der Waals surface area contributed by atoms with E-state index in [1.54, 1.807) is 5.73 Å². The molecule has 0 aromatic heterocycles. The number of carbonyl (C=O) groups is 1. The monoisotopic (exact) mass is 224 g/mol. The highest BCUT2D eigenvalue weighted by Crippen LogP contribution is 2.07. The second kappa shape index (κ2) is 6.83. The lowest BCUT2D eigenvalue weighted by molar-refractivity contribution is -0.129. The molecule has 0 aromatic carbocycles. The topological polar surface area (TPSA) is 144 Å². The average molecular weight is 224 g/mol. The Morgan fingerprint density at radius 3 is 2.27 bits per heavy atom. The number of carbonyl (C=O) groups excluding carboxylic acids is 1. The van der Waals surface area contributed by atoms with E-state index in [4.69, 9.17) is 11.6 Å². The van der Waals surface area contributed by atoms with Crippen molar-refractivity contribution in [2.75, 3.05) is 6.61 Å². The molecule has 0 aliphatic carbocycles. The molecular weight excluding hydrogens is 206 g/mol. The molecule has 0 spiro atoms. The number of hydrogen-bond acceptors (Lipinski definition) is 7. The molecule has 7 nitrogen and oxygen atoms in total. The summed E-state index contributed by atoms with van der Waals surface area (Å²) in [7, 11) is 0. The van der Waals surface area contributed by atoms with Gasteiger partial charge in [0, 0.05) is 6.61 Å². The summed E-state index contributed by atoms with van der Waals surface area (Å²) in [5.41, 5.74) is 1.80. The van der Waals surface area contributed by atoms with E-state index in [0.29, 0.717) is 0 Å². The van der Waals surface area contributed by atoms with Gasteiger partial charge in [0.05, 0.1) is 12.1 Å². The number of aldehydes is 1. The standard InChI is InChI=1S/C8H17NO6/c9-6(4(12)1-2-10)8(15)7(14)5(13)3-11/h3-8,10,12-15H,1-2,9H2/t4-,5+,6+,7+,8-/m1/s1/i/hD. The van der Waals surface area contributed by atoms with Gasteiger partial charge in [-0.15, -0.1) is 0 Å². The first-order chi connectivity index (χ1) is 7.49. The quantitative estimate of drug-likeness (QED) is 0.233. The molecule has 0 aliphatic heterocycles. The minimum atomic E-state index is -1.81. The zero-order chi connectivity index (χ0) is 12.7. The number of nitrogens with two attached hydrogens (primary N) is 1. The van der Waals surface area contributed by atoms with Crippen molar-refractivity contribution in [1.29, 1.82) is 0 Å². The third-order valence-electron chi connectivity index (χ3n) is 2.05. The predicted molar refractivity (Wildman–Crippen MR) is 49.8 cm³/mol. The highest BCUT2D eigenvalue weighted by Gasteiger charge is 2.32. The van der Waals surface area contributed by atoms with Crippen LogP contribution in [0.1, 0.15) is 6.42 Å². The highest BCUT2D eigenvalue weighted by molar-refractivity contribution is 5.56. The fourth-order valence-electron chi connectivity index (χ4n) is 1.03. The van der Waals surface area contributed by atoms with Gasteiger partial charge in [0.1, 0.15) is 19.7 Å². The number of aliphatic hydroxyl groups excluding tert-OH is 5. The Bertz CT molecular complexity index is 207. The lowest BCUT2D eigenvalue weighted by Gasteiger charge is -2.28. The molecule has 15 heavy (non-hydrogen) atoms. The largest absolute Gasteiger partial charge is 0.396 e. The van der Waals surface area contributed by atoms with Crippen LogP contribution in [0.5, 0.6) is 0 Å². The summed E-state index contributed by atoms with van der Waals surface area (Å²) in [6.45, 7) is -0.363. The molecule has 0 heterocycles. The van der Waals surface area contributed by atoms with Crippen LogP contribution in [0.15, 0.2) is 0 Å². The molecule has 90 valence electrons. The summed E-state index contributed by atoms with van der Waals surface area (Å²) in [6.07, 6.45) is -6.68. The molecule has 0 radical (unpaired) electrons. The molecule has 5 atom stereocenters. The molecule has 0 aliphatic rings. The van der Waals surface area contributed by atoms with E-state index < -0.39 is 30.5 Å². The van der Waals surface area contributed by atoms with Gasteiger partial charge in [-0.3, -0.25) is 0 Å². The van der Waals surface area contributed by atoms with Gasteiger partial charge in [0.2, 0.25) is 0 Å². The highest BCUT2D eigenvalue weighted by atomic mass is 16.4. The smallest absolute Gasteiger partial charge is 0.151 e. The molecule has 0 rings (SSSR count). The minimum absolute atomic E-state index is 0.0350. The van der Waals surface area contributed by atoms with Gasteiger partial charge in [-0.2, -0.15) is 0 Å². The maximum Gasteiger partial charge on any atom is 0.151 e. The van der Waals surface area contributed by atoms with E-state index in [2.05, 4.69) is 0 Å². The van der Waals surface area contributed by atoms with Gasteiger partial charge in [-0.1, -0.05) is 0 Å². The summed E-state index contributed by atoms with van der Waals surface area (Å²) in [6, 6.07) is -1.28. The summed E-state index contributed by atoms with van der Waals surface area (Å²) in [5.74, 6) is 0. The van der Waals surface area contributed by atoms with Crippen molar-refractivity contribution in [2.24, 2.45) is 5.73 Å². The number of hydrogen-bond donors (Lipinski definition) is 6. The Morgan fingerprint density at radius 1 is 1.27 bits per heavy atom. The van der Waals surface area contributed by atoms with E-state index >= 15 is 0 Å². The molecule has 0 bridgehead atoms. The second-order valence-corrected chi connectivity index (χ2v) is 3.21. The fourth-order valence-corrected chi connectivity index (χ4v) is 1.03. The van der Waals surface area contributed by atoms with Crippen LogP contribution in [0.25, 0.3) is 0 Å². The molecular formula is C8H17NO6. The molecule has 0 amide bonds. The van der Waals surface area contributed by atoms with Crippen molar-refractivity contribution in [3.8, 4) is 0 Å². The number of rotatable bonds is 8. The Hall–Kier alpha value is -0.570. The average Bonchev–Trinajstić information content (AvgIpc) is 2.28. The first-order valence-electron chi connectivity index (χ1n) is 4.95. The zero-order valence-electron chi connectivity index (χ0n) is 9.02. The summed E-state index contributed by atoms with van der Waals surface area (Å²) in [5, 5.41) is 45.7. The van der Waals surface area contributed by atoms with Crippen molar-refractivity contribution in [3.05, 3.63) is 0 Å². The van der Waals surface area contributed by atoms with Crippen molar-refractivity contribution >= 4 is 6.29 Å². The Morgan fingerprint density at radius 2 is 1.87 bits per heavy atom. The third-order valence-corrected chi connectivity index (χ3v) is 2.05. The molecule has 7 heteroatoms. The lowest BCUT2D eigenvalue weighted by atomic mass is 9.96. The van der Waals surface area contributed by atoms with Crippen LogP contribution in [0, 0.1) is 0 Å². The van der Waals surface area contributed by atoms with E-state index in [-0.39, 0.29) is 19.3 Å². The van der Waals surface area contributed by atoms with Crippen LogP contribution in [0.3, 0.4) is 0 Å². The van der Waals surface area contributed by atoms with Crippen molar-refractivity contribution in [2.45, 2.75) is 36.9 Å². The van der Waals surface area contributed by atoms with Crippen molar-refractivity contribution in [3.63, 3.8) is 0 Å². The normalized spacial score (nSPS) is 22.3. The van der Waals surface area contributed by atoms with Gasteiger partial charge in [0.15, 0.2) is 6.29 Å². The minimum Gasteiger partial charge on any atom is -0.396 e. The second-order valence-electron chi connectivity index (χ2n) is 3.21. The maximum absolute atomic E-state index is 10.2. The van der Waals surface area contributed by atoms with E-state index in [9.17, 15) is 20.1 Å². The SMILES string of the molecule is [2H]N[C@H]([C@@H](O)[C@@H](O)[C@@H](O)C=O)[C@H](O)CCO. The molecule has 0 saturated carbocycles. The Kier molecular flexibility index (Phi) is 5.69. The predicted octanol–water partition coefficient (Wildman–Crippen LogP) is -3.66. The Labute approximate surface area is 88.2 Å². The Balaban J connectivity index is 4.50. The van der Waals surface area contributed by atoms with Crippen LogP contribution >= 0.6 is 0 Å². The molecule has 0 aromatic rings. The zero-order valence-corrected chi connectivity index (χ0v) is 8.02.